The van der Waals surface area contributed by atoms with Crippen molar-refractivity contribution >= 4 is 0 Å². The van der Waals surface area contributed by atoms with Crippen LogP contribution in [-0.2, 0) is 0 Å². The van der Waals surface area contributed by atoms with Gasteiger partial charge in [-0.1, -0.05) is 20.8 Å². The molecule has 0 radical (unpaired) electrons. The molecule has 0 amide bonds. The Morgan fingerprint density at radius 1 is 1.42 bits per heavy atom. The van der Waals surface area contributed by atoms with Crippen LogP contribution in [0.2, 0.25) is 0 Å². The van der Waals surface area contributed by atoms with Gasteiger partial charge in [-0.15, -0.1) is 12.3 Å². The summed E-state index contributed by atoms with van der Waals surface area (Å²) in [6, 6.07) is 0. The minimum absolute atomic E-state index is 0.0928. The van der Waals surface area contributed by atoms with Crippen LogP contribution >= 0.6 is 0 Å². The second kappa shape index (κ2) is 5.19. The Morgan fingerprint density at radius 2 is 2.00 bits per heavy atom. The second-order valence-corrected chi connectivity index (χ2v) is 4.46. The molecule has 0 aliphatic carbocycles. The number of hydrogen-bond donors (Lipinski definition) is 0. The molecule has 0 spiro atoms. The minimum atomic E-state index is -0.682. The fourth-order valence-electron chi connectivity index (χ4n) is 1.19. The Kier molecular flexibility index (Phi) is 4.97. The van der Waals surface area contributed by atoms with Gasteiger partial charge in [0.15, 0.2) is 0 Å². The van der Waals surface area contributed by atoms with E-state index >= 15 is 0 Å². The quantitative estimate of drug-likeness (QED) is 0.447. The highest BCUT2D eigenvalue weighted by molar-refractivity contribution is 4.83. The molecule has 0 saturated carbocycles. The van der Waals surface area contributed by atoms with Crippen molar-refractivity contribution in [2.45, 2.75) is 52.6 Å². The van der Waals surface area contributed by atoms with Crippen LogP contribution in [0.3, 0.4) is 0 Å². The molecule has 0 heterocycles. The van der Waals surface area contributed by atoms with Gasteiger partial charge in [-0.3, -0.25) is 0 Å². The summed E-state index contributed by atoms with van der Waals surface area (Å²) in [6.07, 6.45) is 7.15. The van der Waals surface area contributed by atoms with Crippen LogP contribution in [0, 0.1) is 17.8 Å². The van der Waals surface area contributed by atoms with Gasteiger partial charge in [0.2, 0.25) is 0 Å². The molecular weight excluding hydrogens is 151 g/mol. The molecule has 0 rings (SSSR count). The molecule has 0 aliphatic rings. The molecular formula is C11H19F. The first kappa shape index (κ1) is 11.5. The molecule has 70 valence electrons. The van der Waals surface area contributed by atoms with Crippen LogP contribution in [0.15, 0.2) is 0 Å². The van der Waals surface area contributed by atoms with Gasteiger partial charge >= 0.3 is 0 Å². The number of halogens is 1. The van der Waals surface area contributed by atoms with E-state index in [2.05, 4.69) is 26.7 Å². The van der Waals surface area contributed by atoms with E-state index in [1.807, 2.05) is 0 Å². The van der Waals surface area contributed by atoms with Crippen molar-refractivity contribution in [1.29, 1.82) is 0 Å². The van der Waals surface area contributed by atoms with Crippen molar-refractivity contribution in [3.05, 3.63) is 0 Å². The van der Waals surface area contributed by atoms with Gasteiger partial charge in [0.05, 0.1) is 0 Å². The van der Waals surface area contributed by atoms with E-state index in [9.17, 15) is 4.39 Å². The van der Waals surface area contributed by atoms with E-state index in [0.717, 1.165) is 6.42 Å². The Bertz CT molecular complexity index is 147. The number of rotatable bonds is 4. The third-order valence-electron chi connectivity index (χ3n) is 1.67. The van der Waals surface area contributed by atoms with Crippen molar-refractivity contribution in [2.75, 3.05) is 0 Å². The number of terminal acetylenes is 1. The molecule has 12 heavy (non-hydrogen) atoms. The standard InChI is InChI=1S/C11H19F/c1-5-6-7-8-10(12)9-11(2,3)4/h1,10H,6-9H2,2-4H3. The second-order valence-electron chi connectivity index (χ2n) is 4.46. The Balaban J connectivity index is 3.48. The average molecular weight is 170 g/mol. The molecule has 0 bridgehead atoms. The lowest BCUT2D eigenvalue weighted by Gasteiger charge is -2.20. The van der Waals surface area contributed by atoms with Crippen molar-refractivity contribution < 1.29 is 4.39 Å². The monoisotopic (exact) mass is 170 g/mol. The fourth-order valence-corrected chi connectivity index (χ4v) is 1.19. The summed E-state index contributed by atoms with van der Waals surface area (Å²) in [5.41, 5.74) is 0.0928. The van der Waals surface area contributed by atoms with Crippen LogP contribution in [0.5, 0.6) is 0 Å². The van der Waals surface area contributed by atoms with E-state index in [1.54, 1.807) is 0 Å². The zero-order chi connectivity index (χ0) is 9.61. The molecule has 0 nitrogen and oxygen atoms in total. The summed E-state index contributed by atoms with van der Waals surface area (Å²) in [5, 5.41) is 0. The van der Waals surface area contributed by atoms with Crippen LogP contribution in [0.4, 0.5) is 4.39 Å². The highest BCUT2D eigenvalue weighted by atomic mass is 19.1. The first-order valence-electron chi connectivity index (χ1n) is 4.53. The smallest absolute Gasteiger partial charge is 0.101 e. The largest absolute Gasteiger partial charge is 0.247 e. The van der Waals surface area contributed by atoms with Gasteiger partial charge in [-0.05, 0) is 24.7 Å². The average Bonchev–Trinajstić information content (AvgIpc) is 1.84. The summed E-state index contributed by atoms with van der Waals surface area (Å²) in [4.78, 5) is 0. The lowest BCUT2D eigenvalue weighted by molar-refractivity contribution is 0.211. The molecule has 1 unspecified atom stereocenters. The van der Waals surface area contributed by atoms with Crippen LogP contribution in [0.1, 0.15) is 46.5 Å². The topological polar surface area (TPSA) is 0 Å². The molecule has 0 aromatic rings. The first-order valence-corrected chi connectivity index (χ1v) is 4.53. The summed E-state index contributed by atoms with van der Waals surface area (Å²) < 4.78 is 13.2. The molecule has 0 N–H and O–H groups in total. The summed E-state index contributed by atoms with van der Waals surface area (Å²) in [5.74, 6) is 2.52. The Morgan fingerprint density at radius 3 is 2.42 bits per heavy atom. The third-order valence-corrected chi connectivity index (χ3v) is 1.67. The van der Waals surface area contributed by atoms with Crippen molar-refractivity contribution in [3.8, 4) is 12.3 Å². The highest BCUT2D eigenvalue weighted by Crippen LogP contribution is 2.24. The van der Waals surface area contributed by atoms with E-state index in [-0.39, 0.29) is 5.41 Å². The highest BCUT2D eigenvalue weighted by Gasteiger charge is 2.17. The predicted molar refractivity (Wildman–Crippen MR) is 51.7 cm³/mol. The van der Waals surface area contributed by atoms with Crippen molar-refractivity contribution in [3.63, 3.8) is 0 Å². The van der Waals surface area contributed by atoms with E-state index in [4.69, 9.17) is 6.42 Å². The van der Waals surface area contributed by atoms with Crippen molar-refractivity contribution in [1.82, 2.24) is 0 Å². The summed E-state index contributed by atoms with van der Waals surface area (Å²) >= 11 is 0. The molecule has 0 saturated heterocycles. The molecule has 0 aromatic heterocycles. The van der Waals surface area contributed by atoms with Gasteiger partial charge < -0.3 is 0 Å². The molecule has 0 aromatic carbocycles. The van der Waals surface area contributed by atoms with Gasteiger partial charge in [0.25, 0.3) is 0 Å². The molecule has 1 heteroatoms. The lowest BCUT2D eigenvalue weighted by atomic mass is 9.88. The summed E-state index contributed by atoms with van der Waals surface area (Å²) in [6.45, 7) is 6.17. The zero-order valence-corrected chi connectivity index (χ0v) is 8.36. The Hall–Kier alpha value is -0.510. The molecule has 0 aliphatic heterocycles. The van der Waals surface area contributed by atoms with Crippen molar-refractivity contribution in [2.24, 2.45) is 5.41 Å². The first-order chi connectivity index (χ1) is 5.45. The van der Waals surface area contributed by atoms with E-state index in [0.29, 0.717) is 19.3 Å². The minimum Gasteiger partial charge on any atom is -0.247 e. The lowest BCUT2D eigenvalue weighted by Crippen LogP contribution is -2.13. The van der Waals surface area contributed by atoms with Crippen LogP contribution < -0.4 is 0 Å². The number of unbranched alkanes of at least 4 members (excludes halogenated alkanes) is 1. The van der Waals surface area contributed by atoms with Crippen LogP contribution in [-0.4, -0.2) is 6.17 Å². The predicted octanol–water partition coefficient (Wildman–Crippen LogP) is 3.56. The Labute approximate surface area is 75.6 Å². The maximum absolute atomic E-state index is 13.2. The van der Waals surface area contributed by atoms with Gasteiger partial charge in [0.1, 0.15) is 6.17 Å². The van der Waals surface area contributed by atoms with Gasteiger partial charge in [-0.2, -0.15) is 0 Å². The molecule has 0 fully saturated rings. The van der Waals surface area contributed by atoms with E-state index in [1.165, 1.54) is 0 Å². The normalized spacial score (nSPS) is 13.9. The van der Waals surface area contributed by atoms with E-state index < -0.39 is 6.17 Å². The SMILES string of the molecule is C#CCCCC(F)CC(C)(C)C. The fraction of sp³-hybridized carbons (Fsp3) is 0.818. The number of hydrogen-bond acceptors (Lipinski definition) is 0. The number of alkyl halides is 1. The molecule has 1 atom stereocenters. The maximum atomic E-state index is 13.2. The third kappa shape index (κ3) is 7.60. The summed E-state index contributed by atoms with van der Waals surface area (Å²) in [7, 11) is 0. The van der Waals surface area contributed by atoms with Gasteiger partial charge in [-0.25, -0.2) is 4.39 Å². The maximum Gasteiger partial charge on any atom is 0.101 e. The van der Waals surface area contributed by atoms with Gasteiger partial charge in [0, 0.05) is 6.42 Å². The zero-order valence-electron chi connectivity index (χ0n) is 8.36. The van der Waals surface area contributed by atoms with Crippen LogP contribution in [0.25, 0.3) is 0 Å².